The molecule has 0 atom stereocenters. The predicted molar refractivity (Wildman–Crippen MR) is 108 cm³/mol. The lowest BCUT2D eigenvalue weighted by Crippen LogP contribution is -2.46. The first-order valence-corrected chi connectivity index (χ1v) is 10.4. The molecular weight excluding hydrogens is 372 g/mol. The molecule has 0 aliphatic carbocycles. The molecule has 0 saturated carbocycles. The van der Waals surface area contributed by atoms with Crippen molar-refractivity contribution in [1.29, 1.82) is 0 Å². The average molecular weight is 402 g/mol. The molecule has 0 spiro atoms. The minimum absolute atomic E-state index is 0.0253. The maximum absolute atomic E-state index is 12.6. The lowest BCUT2D eigenvalue weighted by Gasteiger charge is -2.35. The number of methoxy groups -OCH3 is 1. The average Bonchev–Trinajstić information content (AvgIpc) is 2.77. The Labute approximate surface area is 171 Å². The van der Waals surface area contributed by atoms with E-state index in [0.717, 1.165) is 25.9 Å². The van der Waals surface area contributed by atoms with Crippen LogP contribution >= 0.6 is 0 Å². The Bertz CT molecular complexity index is 750. The van der Waals surface area contributed by atoms with E-state index in [4.69, 9.17) is 9.47 Å². The van der Waals surface area contributed by atoms with E-state index in [1.807, 2.05) is 4.90 Å². The summed E-state index contributed by atoms with van der Waals surface area (Å²) in [4.78, 5) is 40.4. The van der Waals surface area contributed by atoms with Gasteiger partial charge in [0.1, 0.15) is 0 Å². The van der Waals surface area contributed by atoms with Gasteiger partial charge >= 0.3 is 0 Å². The molecule has 0 unspecified atom stereocenters. The monoisotopic (exact) mass is 402 g/mol. The Kier molecular flexibility index (Phi) is 7.12. The minimum Gasteiger partial charge on any atom is -0.493 e. The molecule has 0 N–H and O–H groups in total. The maximum atomic E-state index is 12.6. The van der Waals surface area contributed by atoms with E-state index in [-0.39, 0.29) is 30.1 Å². The summed E-state index contributed by atoms with van der Waals surface area (Å²) >= 11 is 0. The second-order valence-electron chi connectivity index (χ2n) is 7.75. The Balaban J connectivity index is 1.49. The van der Waals surface area contributed by atoms with Crippen LogP contribution in [0.15, 0.2) is 18.2 Å². The number of ketones is 1. The van der Waals surface area contributed by atoms with E-state index in [1.165, 1.54) is 20.5 Å². The molecule has 7 nitrogen and oxygen atoms in total. The van der Waals surface area contributed by atoms with Crippen LogP contribution in [-0.2, 0) is 9.59 Å². The summed E-state index contributed by atoms with van der Waals surface area (Å²) < 4.78 is 10.9. The number of hydrogen-bond donors (Lipinski definition) is 0. The topological polar surface area (TPSA) is 76.1 Å². The summed E-state index contributed by atoms with van der Waals surface area (Å²) in [6.45, 7) is 4.28. The molecule has 2 aliphatic heterocycles. The molecule has 1 aromatic rings. The van der Waals surface area contributed by atoms with Crippen molar-refractivity contribution in [3.63, 3.8) is 0 Å². The molecule has 2 saturated heterocycles. The summed E-state index contributed by atoms with van der Waals surface area (Å²) in [5.74, 6) is 0.970. The number of nitrogens with zero attached hydrogens (tertiary/aromatic N) is 2. The minimum atomic E-state index is -0.105. The van der Waals surface area contributed by atoms with Gasteiger partial charge in [-0.2, -0.15) is 0 Å². The Hall–Kier alpha value is -2.57. The molecule has 0 radical (unpaired) electrons. The molecule has 2 heterocycles. The van der Waals surface area contributed by atoms with Gasteiger partial charge in [0.15, 0.2) is 23.9 Å². The Morgan fingerprint density at radius 2 is 1.66 bits per heavy atom. The van der Waals surface area contributed by atoms with E-state index in [2.05, 4.69) is 0 Å². The second-order valence-corrected chi connectivity index (χ2v) is 7.75. The molecule has 0 bridgehead atoms. The largest absolute Gasteiger partial charge is 0.493 e. The van der Waals surface area contributed by atoms with E-state index in [0.29, 0.717) is 43.0 Å². The molecule has 0 aromatic heterocycles. The van der Waals surface area contributed by atoms with Crippen LogP contribution in [0.5, 0.6) is 11.5 Å². The highest BCUT2D eigenvalue weighted by Crippen LogP contribution is 2.28. The zero-order valence-electron chi connectivity index (χ0n) is 17.3. The van der Waals surface area contributed by atoms with Crippen molar-refractivity contribution in [1.82, 2.24) is 9.80 Å². The van der Waals surface area contributed by atoms with Gasteiger partial charge in [0, 0.05) is 37.7 Å². The SMILES string of the molecule is COc1cc(C(C)=O)ccc1OCC(=O)N1CCC(C(=O)N2CCCCC2)CC1. The number of piperidine rings is 2. The van der Waals surface area contributed by atoms with Crippen molar-refractivity contribution < 1.29 is 23.9 Å². The molecule has 7 heteroatoms. The van der Waals surface area contributed by atoms with Crippen LogP contribution < -0.4 is 9.47 Å². The highest BCUT2D eigenvalue weighted by molar-refractivity contribution is 5.94. The Morgan fingerprint density at radius 3 is 2.28 bits per heavy atom. The number of ether oxygens (including phenoxy) is 2. The van der Waals surface area contributed by atoms with E-state index >= 15 is 0 Å². The van der Waals surface area contributed by atoms with E-state index < -0.39 is 0 Å². The van der Waals surface area contributed by atoms with Crippen LogP contribution in [0, 0.1) is 5.92 Å². The van der Waals surface area contributed by atoms with E-state index in [9.17, 15) is 14.4 Å². The summed E-state index contributed by atoms with van der Waals surface area (Å²) in [6, 6.07) is 4.91. The number of amides is 2. The number of rotatable bonds is 6. The van der Waals surface area contributed by atoms with Gasteiger partial charge in [-0.15, -0.1) is 0 Å². The molecule has 3 rings (SSSR count). The van der Waals surface area contributed by atoms with Crippen LogP contribution in [0.4, 0.5) is 0 Å². The summed E-state index contributed by atoms with van der Waals surface area (Å²) in [7, 11) is 1.50. The summed E-state index contributed by atoms with van der Waals surface area (Å²) in [5.41, 5.74) is 0.529. The Morgan fingerprint density at radius 1 is 0.966 bits per heavy atom. The van der Waals surface area contributed by atoms with Gasteiger partial charge in [-0.25, -0.2) is 0 Å². The van der Waals surface area contributed by atoms with Gasteiger partial charge in [0.05, 0.1) is 7.11 Å². The summed E-state index contributed by atoms with van der Waals surface area (Å²) in [6.07, 6.45) is 4.81. The highest BCUT2D eigenvalue weighted by Gasteiger charge is 2.30. The third-order valence-corrected chi connectivity index (χ3v) is 5.79. The van der Waals surface area contributed by atoms with Crippen LogP contribution in [-0.4, -0.2) is 67.3 Å². The zero-order chi connectivity index (χ0) is 20.8. The van der Waals surface area contributed by atoms with Gasteiger partial charge in [0.25, 0.3) is 5.91 Å². The first kappa shape index (κ1) is 21.1. The number of hydrogen-bond acceptors (Lipinski definition) is 5. The fourth-order valence-corrected chi connectivity index (χ4v) is 3.98. The lowest BCUT2D eigenvalue weighted by molar-refractivity contribution is -0.142. The van der Waals surface area contributed by atoms with Gasteiger partial charge in [-0.3, -0.25) is 14.4 Å². The first-order valence-electron chi connectivity index (χ1n) is 10.4. The fraction of sp³-hybridized carbons (Fsp3) is 0.591. The number of carbonyl (C=O) groups excluding carboxylic acids is 3. The number of benzene rings is 1. The van der Waals surface area contributed by atoms with Gasteiger partial charge < -0.3 is 19.3 Å². The zero-order valence-corrected chi connectivity index (χ0v) is 17.3. The highest BCUT2D eigenvalue weighted by atomic mass is 16.5. The quantitative estimate of drug-likeness (QED) is 0.684. The standard InChI is InChI=1S/C22H30N2O5/c1-16(25)18-6-7-19(20(14-18)28-2)29-15-21(26)23-12-8-17(9-13-23)22(27)24-10-4-3-5-11-24/h6-7,14,17H,3-5,8-13,15H2,1-2H3. The van der Waals surface area contributed by atoms with Crippen LogP contribution in [0.2, 0.25) is 0 Å². The molecule has 2 aliphatic rings. The van der Waals surface area contributed by atoms with Crippen molar-refractivity contribution in [3.8, 4) is 11.5 Å². The second kappa shape index (κ2) is 9.76. The third-order valence-electron chi connectivity index (χ3n) is 5.79. The molecular formula is C22H30N2O5. The molecule has 29 heavy (non-hydrogen) atoms. The van der Waals surface area contributed by atoms with Crippen molar-refractivity contribution >= 4 is 17.6 Å². The number of carbonyl (C=O) groups is 3. The molecule has 2 fully saturated rings. The van der Waals surface area contributed by atoms with Crippen LogP contribution in [0.3, 0.4) is 0 Å². The van der Waals surface area contributed by atoms with Gasteiger partial charge in [0.2, 0.25) is 5.91 Å². The lowest BCUT2D eigenvalue weighted by atomic mass is 9.94. The summed E-state index contributed by atoms with van der Waals surface area (Å²) in [5, 5.41) is 0. The van der Waals surface area contributed by atoms with Gasteiger partial charge in [-0.05, 0) is 57.2 Å². The van der Waals surface area contributed by atoms with Crippen molar-refractivity contribution in [2.45, 2.75) is 39.0 Å². The van der Waals surface area contributed by atoms with Crippen LogP contribution in [0.1, 0.15) is 49.4 Å². The van der Waals surface area contributed by atoms with Crippen molar-refractivity contribution in [3.05, 3.63) is 23.8 Å². The maximum Gasteiger partial charge on any atom is 0.260 e. The fourth-order valence-electron chi connectivity index (χ4n) is 3.98. The third kappa shape index (κ3) is 5.28. The van der Waals surface area contributed by atoms with Crippen LogP contribution in [0.25, 0.3) is 0 Å². The molecule has 1 aromatic carbocycles. The van der Waals surface area contributed by atoms with Gasteiger partial charge in [-0.1, -0.05) is 0 Å². The number of Topliss-reactive ketones (excluding diaryl/α,β-unsaturated/α-hetero) is 1. The van der Waals surface area contributed by atoms with Crippen molar-refractivity contribution in [2.75, 3.05) is 39.9 Å². The smallest absolute Gasteiger partial charge is 0.260 e. The number of likely N-dealkylation sites (tertiary alicyclic amines) is 2. The van der Waals surface area contributed by atoms with Crippen molar-refractivity contribution in [2.24, 2.45) is 5.92 Å². The normalized spacial score (nSPS) is 17.7. The van der Waals surface area contributed by atoms with E-state index in [1.54, 1.807) is 23.1 Å². The molecule has 158 valence electrons. The molecule has 2 amide bonds. The predicted octanol–water partition coefficient (Wildman–Crippen LogP) is 2.53. The first-order chi connectivity index (χ1) is 14.0.